The van der Waals surface area contributed by atoms with Crippen molar-refractivity contribution in [1.82, 2.24) is 15.0 Å². The zero-order chi connectivity index (χ0) is 35.3. The average Bonchev–Trinajstić information content (AvgIpc) is 3.85. The fraction of sp³-hybridized carbons (Fsp3) is 0.0625. The van der Waals surface area contributed by atoms with Gasteiger partial charge in [-0.25, -0.2) is 15.0 Å². The van der Waals surface area contributed by atoms with Gasteiger partial charge in [0, 0.05) is 53.1 Å². The number of nitrogens with zero attached hydrogens (tertiary/aromatic N) is 3. The Morgan fingerprint density at radius 3 is 1.96 bits per heavy atom. The van der Waals surface area contributed by atoms with E-state index in [2.05, 4.69) is 135 Å². The Hall–Kier alpha value is -6.43. The molecule has 0 bridgehead atoms. The van der Waals surface area contributed by atoms with Crippen LogP contribution in [0.1, 0.15) is 25.0 Å². The molecule has 1 aliphatic rings. The Bertz CT molecular complexity index is 3100. The van der Waals surface area contributed by atoms with E-state index in [1.165, 1.54) is 42.4 Å². The van der Waals surface area contributed by atoms with Gasteiger partial charge in [-0.05, 0) is 69.8 Å². The number of hydrogen-bond donors (Lipinski definition) is 0. The van der Waals surface area contributed by atoms with Crippen LogP contribution >= 0.6 is 11.3 Å². The molecule has 5 heteroatoms. The van der Waals surface area contributed by atoms with Crippen LogP contribution in [0.15, 0.2) is 156 Å². The molecule has 0 saturated carbocycles. The Kier molecular flexibility index (Phi) is 6.43. The van der Waals surface area contributed by atoms with Crippen LogP contribution < -0.4 is 0 Å². The van der Waals surface area contributed by atoms with E-state index in [1.54, 1.807) is 0 Å². The predicted octanol–water partition coefficient (Wildman–Crippen LogP) is 13.1. The van der Waals surface area contributed by atoms with Gasteiger partial charge in [0.1, 0.15) is 11.2 Å². The lowest BCUT2D eigenvalue weighted by atomic mass is 9.82. The molecular weight excluding hydrogens is 667 g/mol. The van der Waals surface area contributed by atoms with Gasteiger partial charge in [-0.1, -0.05) is 129 Å². The van der Waals surface area contributed by atoms with Crippen LogP contribution in [0.2, 0.25) is 0 Å². The highest BCUT2D eigenvalue weighted by Crippen LogP contribution is 2.50. The van der Waals surface area contributed by atoms with Crippen LogP contribution in [0.4, 0.5) is 0 Å². The second-order valence-corrected chi connectivity index (χ2v) is 15.5. The van der Waals surface area contributed by atoms with Gasteiger partial charge in [0.2, 0.25) is 0 Å². The summed E-state index contributed by atoms with van der Waals surface area (Å²) in [6, 6.07) is 53.5. The molecule has 53 heavy (non-hydrogen) atoms. The summed E-state index contributed by atoms with van der Waals surface area (Å²) in [5.41, 5.74) is 11.7. The van der Waals surface area contributed by atoms with E-state index < -0.39 is 0 Å². The third kappa shape index (κ3) is 4.57. The molecule has 0 aliphatic heterocycles. The minimum atomic E-state index is -0.145. The van der Waals surface area contributed by atoms with Gasteiger partial charge in [-0.3, -0.25) is 0 Å². The first-order chi connectivity index (χ1) is 26.0. The van der Waals surface area contributed by atoms with Crippen molar-refractivity contribution < 1.29 is 4.42 Å². The highest BCUT2D eigenvalue weighted by molar-refractivity contribution is 7.25. The quantitative estimate of drug-likeness (QED) is 0.184. The van der Waals surface area contributed by atoms with Crippen molar-refractivity contribution in [2.45, 2.75) is 19.3 Å². The van der Waals surface area contributed by atoms with E-state index in [1.807, 2.05) is 41.7 Å². The molecule has 0 saturated heterocycles. The second-order valence-electron chi connectivity index (χ2n) is 14.4. The van der Waals surface area contributed by atoms with E-state index in [-0.39, 0.29) is 5.41 Å². The number of benzene rings is 7. The lowest BCUT2D eigenvalue weighted by molar-refractivity contribution is 0.660. The van der Waals surface area contributed by atoms with Gasteiger partial charge < -0.3 is 4.42 Å². The number of rotatable bonds is 4. The Morgan fingerprint density at radius 2 is 1.09 bits per heavy atom. The fourth-order valence-electron chi connectivity index (χ4n) is 8.39. The molecule has 3 aromatic heterocycles. The molecule has 3 heterocycles. The summed E-state index contributed by atoms with van der Waals surface area (Å²) in [5.74, 6) is 1.87. The van der Waals surface area contributed by atoms with E-state index in [0.29, 0.717) is 17.5 Å². The van der Waals surface area contributed by atoms with Gasteiger partial charge in [0.05, 0.1) is 0 Å². The first-order valence-corrected chi connectivity index (χ1v) is 18.8. The van der Waals surface area contributed by atoms with Crippen LogP contribution in [0.5, 0.6) is 0 Å². The lowest BCUT2D eigenvalue weighted by Crippen LogP contribution is -2.15. The summed E-state index contributed by atoms with van der Waals surface area (Å²) in [6.45, 7) is 4.61. The molecule has 7 aromatic carbocycles. The number of thiophene rings is 1. The van der Waals surface area contributed by atoms with Crippen molar-refractivity contribution in [2.24, 2.45) is 0 Å². The maximum Gasteiger partial charge on any atom is 0.164 e. The normalized spacial score (nSPS) is 13.2. The number of para-hydroxylation sites is 1. The van der Waals surface area contributed by atoms with Gasteiger partial charge in [0.25, 0.3) is 0 Å². The molecule has 250 valence electrons. The fourth-order valence-corrected chi connectivity index (χ4v) is 9.52. The number of aromatic nitrogens is 3. The van der Waals surface area contributed by atoms with Gasteiger partial charge in [0.15, 0.2) is 17.5 Å². The van der Waals surface area contributed by atoms with Crippen LogP contribution in [0.25, 0.3) is 98.5 Å². The number of fused-ring (bicyclic) bond motifs is 9. The standard InChI is InChI=1S/C48H31N3OS/c1-48(2)37-19-9-6-15-31(37)32-24-23-29(26-38(32)48)46-49-45(28-13-4-3-5-14-28)50-47(51-46)30-25-36(43-34-16-7-10-20-39(34)52-40(43)27-30)33-18-12-22-42-44(33)35-17-8-11-21-41(35)53-42/h3-27H,1-2H3. The molecule has 0 amide bonds. The van der Waals surface area contributed by atoms with Gasteiger partial charge in [-0.15, -0.1) is 11.3 Å². The molecule has 10 aromatic rings. The van der Waals surface area contributed by atoms with Crippen molar-refractivity contribution >= 4 is 53.4 Å². The third-order valence-electron chi connectivity index (χ3n) is 10.9. The SMILES string of the molecule is CC1(C)c2ccccc2-c2ccc(-c3nc(-c4ccccc4)nc(-c4cc(-c5cccc6sc7ccccc7c56)c5c(c4)oc4ccccc45)n3)cc21. The monoisotopic (exact) mass is 697 g/mol. The molecule has 11 rings (SSSR count). The Labute approximate surface area is 310 Å². The Morgan fingerprint density at radius 1 is 0.434 bits per heavy atom. The smallest absolute Gasteiger partial charge is 0.164 e. The number of furan rings is 1. The minimum Gasteiger partial charge on any atom is -0.456 e. The molecule has 0 unspecified atom stereocenters. The molecular formula is C48H31N3OS. The third-order valence-corrected chi connectivity index (χ3v) is 12.1. The summed E-state index contributed by atoms with van der Waals surface area (Å²) in [7, 11) is 0. The van der Waals surface area contributed by atoms with Crippen molar-refractivity contribution in [3.63, 3.8) is 0 Å². The molecule has 0 radical (unpaired) electrons. The second kappa shape index (κ2) is 11.3. The number of hydrogen-bond acceptors (Lipinski definition) is 5. The molecule has 0 spiro atoms. The summed E-state index contributed by atoms with van der Waals surface area (Å²) in [4.78, 5) is 15.5. The molecule has 0 fully saturated rings. The predicted molar refractivity (Wildman–Crippen MR) is 219 cm³/mol. The van der Waals surface area contributed by atoms with Crippen molar-refractivity contribution in [1.29, 1.82) is 0 Å². The summed E-state index contributed by atoms with van der Waals surface area (Å²) in [6.07, 6.45) is 0. The van der Waals surface area contributed by atoms with E-state index >= 15 is 0 Å². The highest BCUT2D eigenvalue weighted by atomic mass is 32.1. The highest BCUT2D eigenvalue weighted by Gasteiger charge is 2.35. The Balaban J connectivity index is 1.17. The summed E-state index contributed by atoms with van der Waals surface area (Å²) >= 11 is 1.83. The first-order valence-electron chi connectivity index (χ1n) is 17.9. The largest absolute Gasteiger partial charge is 0.456 e. The summed E-state index contributed by atoms with van der Waals surface area (Å²) < 4.78 is 9.15. The first kappa shape index (κ1) is 30.2. The average molecular weight is 698 g/mol. The van der Waals surface area contributed by atoms with Crippen LogP contribution in [0, 0.1) is 0 Å². The van der Waals surface area contributed by atoms with Crippen LogP contribution in [-0.4, -0.2) is 15.0 Å². The molecule has 1 aliphatic carbocycles. The van der Waals surface area contributed by atoms with E-state index in [4.69, 9.17) is 19.4 Å². The van der Waals surface area contributed by atoms with Crippen LogP contribution in [0.3, 0.4) is 0 Å². The molecule has 0 atom stereocenters. The topological polar surface area (TPSA) is 51.8 Å². The maximum absolute atomic E-state index is 6.62. The van der Waals surface area contributed by atoms with E-state index in [9.17, 15) is 0 Å². The molecule has 0 N–H and O–H groups in total. The van der Waals surface area contributed by atoms with Crippen LogP contribution in [-0.2, 0) is 5.41 Å². The molecule has 4 nitrogen and oxygen atoms in total. The van der Waals surface area contributed by atoms with Crippen molar-refractivity contribution in [3.8, 4) is 56.4 Å². The zero-order valence-corrected chi connectivity index (χ0v) is 29.9. The lowest BCUT2D eigenvalue weighted by Gasteiger charge is -2.21. The van der Waals surface area contributed by atoms with Gasteiger partial charge in [-0.2, -0.15) is 0 Å². The summed E-state index contributed by atoms with van der Waals surface area (Å²) in [5, 5.41) is 4.68. The van der Waals surface area contributed by atoms with E-state index in [0.717, 1.165) is 49.8 Å². The van der Waals surface area contributed by atoms with Crippen molar-refractivity contribution in [3.05, 3.63) is 163 Å². The van der Waals surface area contributed by atoms with Crippen molar-refractivity contribution in [2.75, 3.05) is 0 Å². The van der Waals surface area contributed by atoms with Gasteiger partial charge >= 0.3 is 0 Å². The minimum absolute atomic E-state index is 0.145. The maximum atomic E-state index is 6.62. The zero-order valence-electron chi connectivity index (χ0n) is 29.1.